The monoisotopic (exact) mass is 392 g/mol. The Hall–Kier alpha value is -2.69. The van der Waals surface area contributed by atoms with Crippen molar-refractivity contribution in [2.24, 2.45) is 0 Å². The van der Waals surface area contributed by atoms with Gasteiger partial charge in [0, 0.05) is 0 Å². The SMILES string of the molecule is CC/C(=C(\C(O)c1ccccc1)S(=O)(=O)c1ccc(C)cc1)c1ccccc1. The van der Waals surface area contributed by atoms with Crippen LogP contribution in [0.4, 0.5) is 0 Å². The van der Waals surface area contributed by atoms with Gasteiger partial charge in [-0.25, -0.2) is 8.42 Å². The first-order valence-electron chi connectivity index (χ1n) is 9.28. The van der Waals surface area contributed by atoms with Crippen molar-refractivity contribution in [1.29, 1.82) is 0 Å². The predicted octanol–water partition coefficient (Wildman–Crippen LogP) is 5.32. The molecule has 3 rings (SSSR count). The molecule has 0 aromatic heterocycles. The molecule has 144 valence electrons. The lowest BCUT2D eigenvalue weighted by molar-refractivity contribution is 0.223. The maximum atomic E-state index is 13.6. The molecule has 0 saturated carbocycles. The molecule has 0 aliphatic carbocycles. The Morgan fingerprint density at radius 2 is 1.39 bits per heavy atom. The fourth-order valence-corrected chi connectivity index (χ4v) is 5.03. The minimum absolute atomic E-state index is 0.0382. The second kappa shape index (κ2) is 8.55. The van der Waals surface area contributed by atoms with E-state index in [1.54, 1.807) is 48.5 Å². The zero-order valence-corrected chi connectivity index (χ0v) is 16.9. The molecule has 1 unspecified atom stereocenters. The van der Waals surface area contributed by atoms with Crippen LogP contribution in [-0.2, 0) is 9.84 Å². The van der Waals surface area contributed by atoms with Gasteiger partial charge in [-0.2, -0.15) is 0 Å². The normalized spacial score (nSPS) is 13.7. The fourth-order valence-electron chi connectivity index (χ4n) is 3.27. The molecule has 0 saturated heterocycles. The van der Waals surface area contributed by atoms with Crippen LogP contribution < -0.4 is 0 Å². The van der Waals surface area contributed by atoms with Gasteiger partial charge in [-0.15, -0.1) is 0 Å². The molecule has 0 heterocycles. The summed E-state index contributed by atoms with van der Waals surface area (Å²) in [5, 5.41) is 11.2. The molecule has 0 spiro atoms. The molecular weight excluding hydrogens is 368 g/mol. The topological polar surface area (TPSA) is 54.4 Å². The standard InChI is InChI=1S/C24H24O3S/c1-3-22(19-10-6-4-7-11-19)24(23(25)20-12-8-5-9-13-20)28(26,27)21-16-14-18(2)15-17-21/h4-17,23,25H,3H2,1-2H3/b24-22-. The van der Waals surface area contributed by atoms with Gasteiger partial charge in [-0.3, -0.25) is 0 Å². The van der Waals surface area contributed by atoms with Crippen molar-refractivity contribution in [3.05, 3.63) is 107 Å². The van der Waals surface area contributed by atoms with E-state index in [1.165, 1.54) is 0 Å². The summed E-state index contributed by atoms with van der Waals surface area (Å²) < 4.78 is 27.2. The second-order valence-electron chi connectivity index (χ2n) is 6.69. The number of allylic oxidation sites excluding steroid dienone is 1. The highest BCUT2D eigenvalue weighted by Gasteiger charge is 2.31. The summed E-state index contributed by atoms with van der Waals surface area (Å²) in [6, 6.07) is 25.0. The lowest BCUT2D eigenvalue weighted by atomic mass is 9.99. The van der Waals surface area contributed by atoms with Crippen LogP contribution in [0.2, 0.25) is 0 Å². The van der Waals surface area contributed by atoms with Crippen LogP contribution in [0.25, 0.3) is 5.57 Å². The molecule has 0 bridgehead atoms. The molecule has 0 fully saturated rings. The van der Waals surface area contributed by atoms with Crippen molar-refractivity contribution >= 4 is 15.4 Å². The van der Waals surface area contributed by atoms with Crippen LogP contribution in [0.5, 0.6) is 0 Å². The van der Waals surface area contributed by atoms with E-state index in [1.807, 2.05) is 50.2 Å². The Balaban J connectivity index is 2.28. The Morgan fingerprint density at radius 1 is 0.857 bits per heavy atom. The number of rotatable bonds is 6. The Labute approximate surface area is 166 Å². The van der Waals surface area contributed by atoms with Gasteiger partial charge in [0.25, 0.3) is 0 Å². The Kier molecular flexibility index (Phi) is 6.12. The summed E-state index contributed by atoms with van der Waals surface area (Å²) in [7, 11) is -3.90. The van der Waals surface area contributed by atoms with Crippen molar-refractivity contribution in [2.45, 2.75) is 31.3 Å². The van der Waals surface area contributed by atoms with Gasteiger partial charge in [-0.1, -0.05) is 85.3 Å². The third kappa shape index (κ3) is 4.08. The van der Waals surface area contributed by atoms with Crippen LogP contribution in [0.3, 0.4) is 0 Å². The summed E-state index contributed by atoms with van der Waals surface area (Å²) in [5.41, 5.74) is 2.95. The summed E-state index contributed by atoms with van der Waals surface area (Å²) in [5.74, 6) is 0. The second-order valence-corrected chi connectivity index (χ2v) is 8.61. The molecule has 0 radical (unpaired) electrons. The van der Waals surface area contributed by atoms with Gasteiger partial charge < -0.3 is 5.11 Å². The highest BCUT2D eigenvalue weighted by Crippen LogP contribution is 2.38. The molecule has 1 atom stereocenters. The maximum Gasteiger partial charge on any atom is 0.205 e. The van der Waals surface area contributed by atoms with Crippen molar-refractivity contribution in [3.8, 4) is 0 Å². The number of benzene rings is 3. The van der Waals surface area contributed by atoms with E-state index in [9.17, 15) is 13.5 Å². The minimum Gasteiger partial charge on any atom is -0.383 e. The predicted molar refractivity (Wildman–Crippen MR) is 113 cm³/mol. The molecule has 3 aromatic rings. The fraction of sp³-hybridized carbons (Fsp3) is 0.167. The first-order chi connectivity index (χ1) is 13.4. The summed E-state index contributed by atoms with van der Waals surface area (Å²) in [6.45, 7) is 3.82. The maximum absolute atomic E-state index is 13.6. The molecule has 3 aromatic carbocycles. The third-order valence-electron chi connectivity index (χ3n) is 4.76. The minimum atomic E-state index is -3.90. The van der Waals surface area contributed by atoms with Gasteiger partial charge >= 0.3 is 0 Å². The van der Waals surface area contributed by atoms with E-state index in [2.05, 4.69) is 0 Å². The highest BCUT2D eigenvalue weighted by atomic mass is 32.2. The van der Waals surface area contributed by atoms with Gasteiger partial charge in [0.1, 0.15) is 6.10 Å². The number of hydrogen-bond donors (Lipinski definition) is 1. The zero-order valence-electron chi connectivity index (χ0n) is 16.0. The quantitative estimate of drug-likeness (QED) is 0.617. The zero-order chi connectivity index (χ0) is 20.1. The van der Waals surface area contributed by atoms with Gasteiger partial charge in [0.15, 0.2) is 0 Å². The molecule has 0 aliphatic rings. The van der Waals surface area contributed by atoms with E-state index in [-0.39, 0.29) is 9.80 Å². The summed E-state index contributed by atoms with van der Waals surface area (Å²) in [6.07, 6.45) is -0.767. The molecule has 0 amide bonds. The van der Waals surface area contributed by atoms with E-state index >= 15 is 0 Å². The van der Waals surface area contributed by atoms with E-state index in [4.69, 9.17) is 0 Å². The summed E-state index contributed by atoms with van der Waals surface area (Å²) in [4.78, 5) is 0.223. The van der Waals surface area contributed by atoms with E-state index in [0.717, 1.165) is 11.1 Å². The van der Waals surface area contributed by atoms with Crippen molar-refractivity contribution < 1.29 is 13.5 Å². The summed E-state index contributed by atoms with van der Waals surface area (Å²) >= 11 is 0. The lowest BCUT2D eigenvalue weighted by Crippen LogP contribution is -2.15. The van der Waals surface area contributed by atoms with Crippen molar-refractivity contribution in [2.75, 3.05) is 0 Å². The van der Waals surface area contributed by atoms with Crippen molar-refractivity contribution in [1.82, 2.24) is 0 Å². The number of aryl methyl sites for hydroxylation is 1. The van der Waals surface area contributed by atoms with Crippen molar-refractivity contribution in [3.63, 3.8) is 0 Å². The molecular formula is C24H24O3S. The van der Waals surface area contributed by atoms with Gasteiger partial charge in [0.2, 0.25) is 9.84 Å². The number of aliphatic hydroxyl groups excluding tert-OH is 1. The van der Waals surface area contributed by atoms with Crippen LogP contribution >= 0.6 is 0 Å². The Bertz CT molecular complexity index is 1050. The Morgan fingerprint density at radius 3 is 1.93 bits per heavy atom. The van der Waals surface area contributed by atoms with Crippen LogP contribution in [-0.4, -0.2) is 13.5 Å². The molecule has 28 heavy (non-hydrogen) atoms. The highest BCUT2D eigenvalue weighted by molar-refractivity contribution is 7.95. The van der Waals surface area contributed by atoms with E-state index < -0.39 is 15.9 Å². The average Bonchev–Trinajstić information content (AvgIpc) is 2.73. The number of aliphatic hydroxyl groups is 1. The largest absolute Gasteiger partial charge is 0.383 e. The number of hydrogen-bond acceptors (Lipinski definition) is 3. The molecule has 1 N–H and O–H groups in total. The number of sulfone groups is 1. The van der Waals surface area contributed by atoms with Crippen LogP contribution in [0.15, 0.2) is 94.7 Å². The first-order valence-corrected chi connectivity index (χ1v) is 10.8. The van der Waals surface area contributed by atoms with Crippen LogP contribution in [0.1, 0.15) is 36.1 Å². The molecule has 0 aliphatic heterocycles. The average molecular weight is 393 g/mol. The van der Waals surface area contributed by atoms with E-state index in [0.29, 0.717) is 17.6 Å². The lowest BCUT2D eigenvalue weighted by Gasteiger charge is -2.21. The molecule has 3 nitrogen and oxygen atoms in total. The smallest absolute Gasteiger partial charge is 0.205 e. The van der Waals surface area contributed by atoms with Gasteiger partial charge in [-0.05, 0) is 42.2 Å². The third-order valence-corrected chi connectivity index (χ3v) is 6.70. The van der Waals surface area contributed by atoms with Crippen LogP contribution in [0, 0.1) is 6.92 Å². The van der Waals surface area contributed by atoms with Gasteiger partial charge in [0.05, 0.1) is 9.80 Å². The first kappa shape index (κ1) is 20.1. The molecule has 4 heteroatoms.